The van der Waals surface area contributed by atoms with Crippen molar-refractivity contribution >= 4 is 40.4 Å². The number of fused-ring (bicyclic) bond motifs is 1. The Balaban J connectivity index is 1.55. The van der Waals surface area contributed by atoms with Crippen molar-refractivity contribution in [1.29, 1.82) is 0 Å². The topological polar surface area (TPSA) is 67.2 Å². The number of carbonyl (C=O) groups excluding carboxylic acids is 2. The third kappa shape index (κ3) is 4.20. The molecule has 1 N–H and O–H groups in total. The molecule has 2 aromatic heterocycles. The van der Waals surface area contributed by atoms with Crippen LogP contribution < -0.4 is 10.2 Å². The molecule has 2 aliphatic rings. The van der Waals surface area contributed by atoms with Crippen molar-refractivity contribution in [3.63, 3.8) is 0 Å². The highest BCUT2D eigenvalue weighted by Gasteiger charge is 2.49. The monoisotopic (exact) mass is 482 g/mol. The number of benzene rings is 1. The molecule has 1 aromatic carbocycles. The van der Waals surface area contributed by atoms with E-state index in [9.17, 15) is 9.59 Å². The summed E-state index contributed by atoms with van der Waals surface area (Å²) in [5.41, 5.74) is 0.682. The van der Waals surface area contributed by atoms with Crippen LogP contribution in [-0.4, -0.2) is 33.2 Å². The number of nitrogens with one attached hydrogen (secondary N) is 1. The van der Waals surface area contributed by atoms with Crippen molar-refractivity contribution in [3.8, 4) is 10.6 Å². The summed E-state index contributed by atoms with van der Waals surface area (Å²) in [6.45, 7) is 2.10. The van der Waals surface area contributed by atoms with E-state index in [0.717, 1.165) is 36.3 Å². The van der Waals surface area contributed by atoms with Gasteiger partial charge >= 0.3 is 0 Å². The first-order chi connectivity index (χ1) is 16.0. The number of hydrogen-bond donors (Lipinski definition) is 1. The van der Waals surface area contributed by atoms with Gasteiger partial charge in [0.1, 0.15) is 16.9 Å². The van der Waals surface area contributed by atoms with E-state index in [1.54, 1.807) is 39.1 Å². The molecule has 1 aliphatic carbocycles. The van der Waals surface area contributed by atoms with Gasteiger partial charge in [0.25, 0.3) is 5.91 Å². The molecule has 1 atom stereocenters. The number of anilines is 1. The smallest absolute Gasteiger partial charge is 0.277 e. The van der Waals surface area contributed by atoms with Gasteiger partial charge in [-0.05, 0) is 55.5 Å². The highest BCUT2D eigenvalue weighted by molar-refractivity contribution is 7.13. The quantitative estimate of drug-likeness (QED) is 0.497. The predicted octanol–water partition coefficient (Wildman–Crippen LogP) is 5.52. The summed E-state index contributed by atoms with van der Waals surface area (Å²) in [6, 6.07) is 13.0. The normalized spacial score (nSPS) is 21.5. The lowest BCUT2D eigenvalue weighted by Gasteiger charge is -2.43. The fourth-order valence-corrected chi connectivity index (χ4v) is 5.78. The van der Waals surface area contributed by atoms with E-state index < -0.39 is 5.54 Å². The average Bonchev–Trinajstić information content (AvgIpc) is 3.39. The van der Waals surface area contributed by atoms with Gasteiger partial charge in [0, 0.05) is 16.8 Å². The SMILES string of the molecule is C[C@@]1(C(=O)NC2CCCCCC2)Cn2nc(-c3cccs3)cc2C(=O)N1c1cccc(Cl)c1. The van der Waals surface area contributed by atoms with Crippen molar-refractivity contribution in [2.45, 2.75) is 63.6 Å². The Kier molecular flexibility index (Phi) is 6.01. The molecule has 5 rings (SSSR count). The van der Waals surface area contributed by atoms with Crippen LogP contribution in [0.2, 0.25) is 5.02 Å². The predicted molar refractivity (Wildman–Crippen MR) is 132 cm³/mol. The van der Waals surface area contributed by atoms with Crippen LogP contribution in [0.1, 0.15) is 55.9 Å². The molecule has 0 unspecified atom stereocenters. The first kappa shape index (κ1) is 22.2. The van der Waals surface area contributed by atoms with Gasteiger partial charge in [-0.2, -0.15) is 5.10 Å². The van der Waals surface area contributed by atoms with Gasteiger partial charge < -0.3 is 5.32 Å². The molecule has 6 nitrogen and oxygen atoms in total. The molecule has 0 spiro atoms. The highest BCUT2D eigenvalue weighted by atomic mass is 35.5. The van der Waals surface area contributed by atoms with Crippen molar-refractivity contribution < 1.29 is 9.59 Å². The zero-order valence-corrected chi connectivity index (χ0v) is 20.2. The van der Waals surface area contributed by atoms with Gasteiger partial charge in [0.15, 0.2) is 0 Å². The molecule has 172 valence electrons. The molecule has 1 aliphatic heterocycles. The number of thiophene rings is 1. The van der Waals surface area contributed by atoms with Gasteiger partial charge in [-0.25, -0.2) is 0 Å². The average molecular weight is 483 g/mol. The first-order valence-corrected chi connectivity index (χ1v) is 12.7. The van der Waals surface area contributed by atoms with Crippen molar-refractivity contribution in [1.82, 2.24) is 15.1 Å². The minimum atomic E-state index is -1.14. The summed E-state index contributed by atoms with van der Waals surface area (Å²) in [7, 11) is 0. The highest BCUT2D eigenvalue weighted by Crippen LogP contribution is 2.36. The number of rotatable bonds is 4. The lowest BCUT2D eigenvalue weighted by Crippen LogP contribution is -2.65. The van der Waals surface area contributed by atoms with Crippen LogP contribution in [0, 0.1) is 0 Å². The Bertz CT molecular complexity index is 1170. The zero-order chi connectivity index (χ0) is 23.0. The second-order valence-electron chi connectivity index (χ2n) is 9.11. The summed E-state index contributed by atoms with van der Waals surface area (Å²) in [4.78, 5) is 30.2. The van der Waals surface area contributed by atoms with E-state index in [4.69, 9.17) is 16.7 Å². The molecule has 1 saturated carbocycles. The second kappa shape index (κ2) is 8.95. The maximum absolute atomic E-state index is 13.8. The summed E-state index contributed by atoms with van der Waals surface area (Å²) in [5.74, 6) is -0.404. The third-order valence-corrected chi connectivity index (χ3v) is 7.80. The van der Waals surface area contributed by atoms with Crippen LogP contribution in [0.5, 0.6) is 0 Å². The second-order valence-corrected chi connectivity index (χ2v) is 10.5. The number of aromatic nitrogens is 2. The Hall–Kier alpha value is -2.64. The van der Waals surface area contributed by atoms with E-state index in [-0.39, 0.29) is 24.4 Å². The summed E-state index contributed by atoms with van der Waals surface area (Å²) < 4.78 is 1.69. The van der Waals surface area contributed by atoms with E-state index in [2.05, 4.69) is 5.32 Å². The van der Waals surface area contributed by atoms with Crippen LogP contribution in [0.4, 0.5) is 5.69 Å². The van der Waals surface area contributed by atoms with Crippen molar-refractivity contribution in [3.05, 3.63) is 58.6 Å². The molecular formula is C25H27ClN4O2S. The first-order valence-electron chi connectivity index (χ1n) is 11.5. The minimum Gasteiger partial charge on any atom is -0.351 e. The summed E-state index contributed by atoms with van der Waals surface area (Å²) >= 11 is 7.85. The molecule has 2 amide bonds. The molecule has 33 heavy (non-hydrogen) atoms. The Morgan fingerprint density at radius 2 is 1.94 bits per heavy atom. The Morgan fingerprint density at radius 3 is 2.64 bits per heavy atom. The summed E-state index contributed by atoms with van der Waals surface area (Å²) in [6.07, 6.45) is 6.60. The number of nitrogens with zero attached hydrogens (tertiary/aromatic N) is 3. The van der Waals surface area contributed by atoms with Gasteiger partial charge in [0.05, 0.1) is 11.4 Å². The van der Waals surface area contributed by atoms with E-state index >= 15 is 0 Å². The number of amides is 2. The van der Waals surface area contributed by atoms with E-state index in [1.807, 2.05) is 36.6 Å². The molecular weight excluding hydrogens is 456 g/mol. The van der Waals surface area contributed by atoms with Crippen molar-refractivity contribution in [2.24, 2.45) is 0 Å². The van der Waals surface area contributed by atoms with Gasteiger partial charge in [-0.3, -0.25) is 19.2 Å². The van der Waals surface area contributed by atoms with Crippen molar-refractivity contribution in [2.75, 3.05) is 4.90 Å². The van der Waals surface area contributed by atoms with Crippen LogP contribution in [0.15, 0.2) is 47.8 Å². The largest absolute Gasteiger partial charge is 0.351 e. The van der Waals surface area contributed by atoms with Crippen LogP contribution >= 0.6 is 22.9 Å². The number of halogens is 1. The van der Waals surface area contributed by atoms with Gasteiger partial charge in [0.2, 0.25) is 5.91 Å². The third-order valence-electron chi connectivity index (χ3n) is 6.67. The van der Waals surface area contributed by atoms with Gasteiger partial charge in [-0.15, -0.1) is 11.3 Å². The van der Waals surface area contributed by atoms with Crippen LogP contribution in [0.3, 0.4) is 0 Å². The maximum Gasteiger partial charge on any atom is 0.277 e. The minimum absolute atomic E-state index is 0.133. The van der Waals surface area contributed by atoms with Crippen LogP contribution in [0.25, 0.3) is 10.6 Å². The lowest BCUT2D eigenvalue weighted by molar-refractivity contribution is -0.127. The summed E-state index contributed by atoms with van der Waals surface area (Å²) in [5, 5.41) is 10.5. The molecule has 1 fully saturated rings. The van der Waals surface area contributed by atoms with E-state index in [1.165, 1.54) is 12.8 Å². The zero-order valence-electron chi connectivity index (χ0n) is 18.6. The Morgan fingerprint density at radius 1 is 1.15 bits per heavy atom. The molecule has 3 aromatic rings. The molecule has 3 heterocycles. The molecule has 0 saturated heterocycles. The Labute approximate surface area is 202 Å². The van der Waals surface area contributed by atoms with Crippen LogP contribution in [-0.2, 0) is 11.3 Å². The molecule has 0 bridgehead atoms. The molecule has 0 radical (unpaired) electrons. The van der Waals surface area contributed by atoms with Gasteiger partial charge in [-0.1, -0.05) is 49.4 Å². The lowest BCUT2D eigenvalue weighted by atomic mass is 9.93. The fraction of sp³-hybridized carbons (Fsp3) is 0.400. The number of hydrogen-bond acceptors (Lipinski definition) is 4. The fourth-order valence-electron chi connectivity index (χ4n) is 4.91. The number of carbonyl (C=O) groups is 2. The van der Waals surface area contributed by atoms with E-state index in [0.29, 0.717) is 16.4 Å². The standard InChI is InChI=1S/C25H27ClN4O2S/c1-25(24(32)27-18-9-4-2-3-5-10-18)16-29-21(15-20(28-29)22-12-7-13-33-22)23(31)30(25)19-11-6-8-17(26)14-19/h6-8,11-15,18H,2-5,9-10,16H2,1H3,(H,27,32)/t25-/m0/s1. The molecule has 8 heteroatoms. The maximum atomic E-state index is 13.8.